The number of nitrogens with zero attached hydrogens (tertiary/aromatic N) is 2. The molecular formula is C24H25N3O5. The van der Waals surface area contributed by atoms with E-state index in [0.717, 1.165) is 27.9 Å². The van der Waals surface area contributed by atoms with Gasteiger partial charge in [0, 0.05) is 30.3 Å². The molecule has 1 amide bonds. The van der Waals surface area contributed by atoms with Gasteiger partial charge in [0.15, 0.2) is 0 Å². The first-order valence-corrected chi connectivity index (χ1v) is 10.5. The molecule has 3 aromatic rings. The van der Waals surface area contributed by atoms with Crippen molar-refractivity contribution in [2.45, 2.75) is 26.0 Å². The number of amides is 1. The highest BCUT2D eigenvalue weighted by Gasteiger charge is 2.20. The Kier molecular flexibility index (Phi) is 6.34. The predicted octanol–water partition coefficient (Wildman–Crippen LogP) is 2.01. The Morgan fingerprint density at radius 2 is 2.03 bits per heavy atom. The molecule has 4 rings (SSSR count). The molecule has 3 N–H and O–H groups in total. The summed E-state index contributed by atoms with van der Waals surface area (Å²) >= 11 is 0. The van der Waals surface area contributed by atoms with Crippen LogP contribution in [0.4, 0.5) is 0 Å². The number of nitrogens with two attached hydrogens (primary N) is 1. The largest absolute Gasteiger partial charge is 0.475 e. The van der Waals surface area contributed by atoms with Crippen LogP contribution in [0.5, 0.6) is 5.88 Å². The maximum atomic E-state index is 12.6. The zero-order chi connectivity index (χ0) is 22.7. The molecule has 1 atom stereocenters. The number of aromatic nitrogens is 2. The molecule has 0 spiro atoms. The molecule has 32 heavy (non-hydrogen) atoms. The van der Waals surface area contributed by atoms with Gasteiger partial charge in [0.2, 0.25) is 11.8 Å². The minimum absolute atomic E-state index is 0.0994. The second-order valence-electron chi connectivity index (χ2n) is 7.55. The number of carbonyl (C=O) groups excluding carboxylic acids is 1. The highest BCUT2D eigenvalue weighted by molar-refractivity contribution is 5.94. The van der Waals surface area contributed by atoms with Gasteiger partial charge in [-0.15, -0.1) is 0 Å². The third-order valence-corrected chi connectivity index (χ3v) is 5.48. The quantitative estimate of drug-likeness (QED) is 0.559. The van der Waals surface area contributed by atoms with Crippen LogP contribution < -0.4 is 16.2 Å². The SMILES string of the molecule is CCOC(CO)COc1cc2n(c(=O)n1)CCc1cc(-c3cccc(C(N)=O)c3)ccc1-2. The molecule has 0 saturated heterocycles. The Morgan fingerprint density at radius 3 is 2.78 bits per heavy atom. The first kappa shape index (κ1) is 21.7. The van der Waals surface area contributed by atoms with Crippen molar-refractivity contribution in [1.29, 1.82) is 0 Å². The number of ether oxygens (including phenoxy) is 2. The van der Waals surface area contributed by atoms with Crippen molar-refractivity contribution in [3.63, 3.8) is 0 Å². The van der Waals surface area contributed by atoms with Crippen molar-refractivity contribution in [2.75, 3.05) is 19.8 Å². The van der Waals surface area contributed by atoms with Gasteiger partial charge in [-0.25, -0.2) is 4.79 Å². The lowest BCUT2D eigenvalue weighted by Crippen LogP contribution is -2.30. The van der Waals surface area contributed by atoms with Gasteiger partial charge >= 0.3 is 5.69 Å². The van der Waals surface area contributed by atoms with Gasteiger partial charge in [0.05, 0.1) is 12.3 Å². The van der Waals surface area contributed by atoms with Gasteiger partial charge in [-0.1, -0.05) is 30.3 Å². The van der Waals surface area contributed by atoms with Crippen LogP contribution in [0.3, 0.4) is 0 Å². The monoisotopic (exact) mass is 435 g/mol. The zero-order valence-electron chi connectivity index (χ0n) is 17.8. The highest BCUT2D eigenvalue weighted by Crippen LogP contribution is 2.33. The summed E-state index contributed by atoms with van der Waals surface area (Å²) in [5.74, 6) is -0.267. The van der Waals surface area contributed by atoms with Crippen LogP contribution in [0.1, 0.15) is 22.8 Å². The maximum Gasteiger partial charge on any atom is 0.351 e. The number of aliphatic hydroxyl groups is 1. The minimum atomic E-state index is -0.480. The molecule has 2 heterocycles. The summed E-state index contributed by atoms with van der Waals surface area (Å²) in [5, 5.41) is 9.36. The van der Waals surface area contributed by atoms with Crippen molar-refractivity contribution in [3.05, 3.63) is 70.1 Å². The van der Waals surface area contributed by atoms with Crippen molar-refractivity contribution in [2.24, 2.45) is 5.73 Å². The Balaban J connectivity index is 1.66. The normalized spacial score (nSPS) is 13.2. The summed E-state index contributed by atoms with van der Waals surface area (Å²) in [6, 6.07) is 14.9. The smallest absolute Gasteiger partial charge is 0.351 e. The standard InChI is InChI=1S/C24H25N3O5/c1-2-31-19(13-28)14-32-22-12-21-20-7-6-16(15-4-3-5-18(11-15)23(25)29)10-17(20)8-9-27(21)24(30)26-22/h3-7,10-12,19,28H,2,8-9,13-14H2,1H3,(H2,25,29). The highest BCUT2D eigenvalue weighted by atomic mass is 16.5. The molecule has 1 aliphatic heterocycles. The Hall–Kier alpha value is -3.49. The summed E-state index contributed by atoms with van der Waals surface area (Å²) < 4.78 is 12.7. The van der Waals surface area contributed by atoms with E-state index in [2.05, 4.69) is 11.1 Å². The summed E-state index contributed by atoms with van der Waals surface area (Å²) in [6.07, 6.45) is 0.205. The molecule has 1 aliphatic rings. The molecule has 1 aromatic heterocycles. The van der Waals surface area contributed by atoms with E-state index in [4.69, 9.17) is 15.2 Å². The number of aryl methyl sites for hydroxylation is 1. The predicted molar refractivity (Wildman–Crippen MR) is 120 cm³/mol. The first-order valence-electron chi connectivity index (χ1n) is 10.5. The summed E-state index contributed by atoms with van der Waals surface area (Å²) in [7, 11) is 0. The lowest BCUT2D eigenvalue weighted by molar-refractivity contribution is -0.00862. The van der Waals surface area contributed by atoms with Crippen LogP contribution in [0, 0.1) is 0 Å². The number of hydrogen-bond acceptors (Lipinski definition) is 6. The van der Waals surface area contributed by atoms with Gasteiger partial charge in [0.1, 0.15) is 12.7 Å². The van der Waals surface area contributed by atoms with Crippen LogP contribution in [-0.4, -0.2) is 46.5 Å². The molecule has 1 unspecified atom stereocenters. The van der Waals surface area contributed by atoms with Crippen LogP contribution >= 0.6 is 0 Å². The van der Waals surface area contributed by atoms with Crippen molar-refractivity contribution in [3.8, 4) is 28.3 Å². The Labute approximate surface area is 185 Å². The van der Waals surface area contributed by atoms with Crippen LogP contribution in [-0.2, 0) is 17.7 Å². The molecule has 0 bridgehead atoms. The number of benzene rings is 2. The van der Waals surface area contributed by atoms with Crippen LogP contribution in [0.2, 0.25) is 0 Å². The third-order valence-electron chi connectivity index (χ3n) is 5.48. The van der Waals surface area contributed by atoms with Gasteiger partial charge in [-0.3, -0.25) is 9.36 Å². The molecular weight excluding hydrogens is 410 g/mol. The average Bonchev–Trinajstić information content (AvgIpc) is 2.81. The zero-order valence-corrected chi connectivity index (χ0v) is 17.8. The first-order chi connectivity index (χ1) is 15.5. The van der Waals surface area contributed by atoms with E-state index in [1.54, 1.807) is 28.8 Å². The summed E-state index contributed by atoms with van der Waals surface area (Å²) in [5.41, 5.74) is 10.1. The fraction of sp³-hybridized carbons (Fsp3) is 0.292. The molecule has 8 heteroatoms. The lowest BCUT2D eigenvalue weighted by atomic mass is 9.93. The van der Waals surface area contributed by atoms with Crippen LogP contribution in [0.25, 0.3) is 22.4 Å². The minimum Gasteiger partial charge on any atom is -0.475 e. The van der Waals surface area contributed by atoms with E-state index < -0.39 is 12.0 Å². The van der Waals surface area contributed by atoms with Crippen molar-refractivity contribution in [1.82, 2.24) is 9.55 Å². The second-order valence-corrected chi connectivity index (χ2v) is 7.55. The molecule has 0 aliphatic carbocycles. The molecule has 0 radical (unpaired) electrons. The van der Waals surface area contributed by atoms with Crippen molar-refractivity contribution < 1.29 is 19.4 Å². The Morgan fingerprint density at radius 1 is 1.22 bits per heavy atom. The van der Waals surface area contributed by atoms with Gasteiger partial charge in [0.25, 0.3) is 0 Å². The maximum absolute atomic E-state index is 12.6. The molecule has 2 aromatic carbocycles. The fourth-order valence-electron chi connectivity index (χ4n) is 3.88. The third kappa shape index (κ3) is 4.42. The molecule has 0 saturated carbocycles. The summed E-state index contributed by atoms with van der Waals surface area (Å²) in [6.45, 7) is 2.72. The Bertz CT molecular complexity index is 1200. The molecule has 0 fully saturated rings. The van der Waals surface area contributed by atoms with E-state index in [9.17, 15) is 14.7 Å². The van der Waals surface area contributed by atoms with Gasteiger partial charge in [-0.05, 0) is 42.2 Å². The topological polar surface area (TPSA) is 117 Å². The number of carbonyl (C=O) groups is 1. The number of aliphatic hydroxyl groups excluding tert-OH is 1. The van der Waals surface area contributed by atoms with E-state index in [0.29, 0.717) is 25.1 Å². The average molecular weight is 435 g/mol. The molecule has 8 nitrogen and oxygen atoms in total. The van der Waals surface area contributed by atoms with Crippen LogP contribution in [0.15, 0.2) is 53.3 Å². The number of hydrogen-bond donors (Lipinski definition) is 2. The fourth-order valence-corrected chi connectivity index (χ4v) is 3.88. The second kappa shape index (κ2) is 9.33. The van der Waals surface area contributed by atoms with Crippen molar-refractivity contribution >= 4 is 5.91 Å². The van der Waals surface area contributed by atoms with E-state index in [-0.39, 0.29) is 24.8 Å². The number of rotatable bonds is 8. The van der Waals surface area contributed by atoms with Gasteiger partial charge in [-0.2, -0.15) is 4.98 Å². The number of primary amides is 1. The van der Waals surface area contributed by atoms with Gasteiger partial charge < -0.3 is 20.3 Å². The van der Waals surface area contributed by atoms with E-state index in [1.807, 2.05) is 25.1 Å². The lowest BCUT2D eigenvalue weighted by Gasteiger charge is -2.23. The molecule has 166 valence electrons. The van der Waals surface area contributed by atoms with E-state index >= 15 is 0 Å². The summed E-state index contributed by atoms with van der Waals surface area (Å²) in [4.78, 5) is 28.1. The van der Waals surface area contributed by atoms with E-state index in [1.165, 1.54) is 0 Å². The number of fused-ring (bicyclic) bond motifs is 3.